The first-order chi connectivity index (χ1) is 13.6. The number of carbonyl (C=O) groups excluding carboxylic acids is 1. The van der Waals surface area contributed by atoms with Gasteiger partial charge in [0.25, 0.3) is 0 Å². The highest BCUT2D eigenvalue weighted by molar-refractivity contribution is 5.89. The number of furan rings is 1. The van der Waals surface area contributed by atoms with Gasteiger partial charge in [-0.15, -0.1) is 0 Å². The maximum Gasteiger partial charge on any atom is 0.231 e. The fourth-order valence-corrected chi connectivity index (χ4v) is 3.75. The first-order valence-electron chi connectivity index (χ1n) is 9.57. The first-order valence-corrected chi connectivity index (χ1v) is 9.57. The summed E-state index contributed by atoms with van der Waals surface area (Å²) in [7, 11) is 0. The monoisotopic (exact) mass is 382 g/mol. The molecule has 1 fully saturated rings. The van der Waals surface area contributed by atoms with Crippen molar-refractivity contribution in [3.63, 3.8) is 0 Å². The average molecular weight is 382 g/mol. The third-order valence-corrected chi connectivity index (χ3v) is 5.25. The smallest absolute Gasteiger partial charge is 0.231 e. The summed E-state index contributed by atoms with van der Waals surface area (Å²) in [6.07, 6.45) is 5.67. The predicted octanol–water partition coefficient (Wildman–Crippen LogP) is 3.25. The molecule has 146 valence electrons. The summed E-state index contributed by atoms with van der Waals surface area (Å²) in [6, 6.07) is 6.38. The summed E-state index contributed by atoms with van der Waals surface area (Å²) in [5, 5.41) is 3.94. The lowest BCUT2D eigenvalue weighted by molar-refractivity contribution is -0.125. The zero-order valence-corrected chi connectivity index (χ0v) is 15.8. The highest BCUT2D eigenvalue weighted by Gasteiger charge is 2.28. The van der Waals surface area contributed by atoms with E-state index in [2.05, 4.69) is 20.2 Å². The molecule has 1 atom stereocenters. The third-order valence-electron chi connectivity index (χ3n) is 5.25. The molecule has 1 saturated heterocycles. The van der Waals surface area contributed by atoms with Crippen LogP contribution in [0.25, 0.3) is 11.1 Å². The van der Waals surface area contributed by atoms with Crippen molar-refractivity contribution in [1.82, 2.24) is 15.3 Å². The van der Waals surface area contributed by atoms with Crippen LogP contribution in [0.4, 0.5) is 10.2 Å². The second-order valence-corrected chi connectivity index (χ2v) is 7.25. The Hall–Kier alpha value is -2.96. The number of hydrogen-bond acceptors (Lipinski definition) is 5. The maximum atomic E-state index is 13.0. The van der Waals surface area contributed by atoms with E-state index in [0.717, 1.165) is 41.7 Å². The Kier molecular flexibility index (Phi) is 5.23. The highest BCUT2D eigenvalue weighted by Crippen LogP contribution is 2.30. The van der Waals surface area contributed by atoms with E-state index in [1.54, 1.807) is 18.4 Å². The lowest BCUT2D eigenvalue weighted by Crippen LogP contribution is -2.43. The molecule has 1 aromatic carbocycles. The summed E-state index contributed by atoms with van der Waals surface area (Å²) >= 11 is 0. The molecule has 6 nitrogen and oxygen atoms in total. The quantitative estimate of drug-likeness (QED) is 0.733. The van der Waals surface area contributed by atoms with Gasteiger partial charge >= 0.3 is 0 Å². The molecular formula is C21H23FN4O2. The van der Waals surface area contributed by atoms with Gasteiger partial charge in [0.05, 0.1) is 17.6 Å². The molecule has 0 aliphatic carbocycles. The maximum absolute atomic E-state index is 13.0. The van der Waals surface area contributed by atoms with Crippen LogP contribution in [0.2, 0.25) is 0 Å². The standard InChI is InChI=1S/C21H23FN4O2/c1-14-12-28-21-18(14)19(24-13-25-21)26-10-2-3-16(11-26)20(27)23-9-8-15-4-6-17(22)7-5-15/h4-7,12-13,16H,2-3,8-11H2,1H3,(H,23,27). The van der Waals surface area contributed by atoms with Crippen LogP contribution in [0.1, 0.15) is 24.0 Å². The van der Waals surface area contributed by atoms with E-state index in [9.17, 15) is 9.18 Å². The van der Waals surface area contributed by atoms with Crippen LogP contribution >= 0.6 is 0 Å². The third kappa shape index (κ3) is 3.83. The largest absolute Gasteiger partial charge is 0.446 e. The molecule has 4 rings (SSSR count). The summed E-state index contributed by atoms with van der Waals surface area (Å²) in [4.78, 5) is 23.4. The van der Waals surface area contributed by atoms with E-state index in [1.807, 2.05) is 6.92 Å². The van der Waals surface area contributed by atoms with Crippen LogP contribution in [-0.2, 0) is 11.2 Å². The number of carbonyl (C=O) groups is 1. The van der Waals surface area contributed by atoms with Gasteiger partial charge in [-0.2, -0.15) is 0 Å². The highest BCUT2D eigenvalue weighted by atomic mass is 19.1. The predicted molar refractivity (Wildman–Crippen MR) is 105 cm³/mol. The number of nitrogens with one attached hydrogen (secondary N) is 1. The number of amides is 1. The molecule has 1 unspecified atom stereocenters. The molecule has 3 aromatic rings. The molecular weight excluding hydrogens is 359 g/mol. The lowest BCUT2D eigenvalue weighted by atomic mass is 9.96. The fourth-order valence-electron chi connectivity index (χ4n) is 3.75. The zero-order valence-electron chi connectivity index (χ0n) is 15.8. The van der Waals surface area contributed by atoms with Gasteiger partial charge in [-0.3, -0.25) is 4.79 Å². The number of halogens is 1. The van der Waals surface area contributed by atoms with E-state index in [1.165, 1.54) is 18.5 Å². The Morgan fingerprint density at radius 1 is 1.32 bits per heavy atom. The molecule has 1 aliphatic heterocycles. The molecule has 0 radical (unpaired) electrons. The van der Waals surface area contributed by atoms with Crippen molar-refractivity contribution in [2.45, 2.75) is 26.2 Å². The van der Waals surface area contributed by atoms with Crippen molar-refractivity contribution in [1.29, 1.82) is 0 Å². The van der Waals surface area contributed by atoms with Crippen molar-refractivity contribution in [3.05, 3.63) is 53.8 Å². The molecule has 1 N–H and O–H groups in total. The molecule has 3 heterocycles. The number of nitrogens with zero attached hydrogens (tertiary/aromatic N) is 3. The molecule has 1 aliphatic rings. The van der Waals surface area contributed by atoms with Gasteiger partial charge in [0.1, 0.15) is 18.0 Å². The van der Waals surface area contributed by atoms with Crippen LogP contribution in [0.15, 0.2) is 41.3 Å². The van der Waals surface area contributed by atoms with Gasteiger partial charge in [0.15, 0.2) is 0 Å². The van der Waals surface area contributed by atoms with Crippen LogP contribution in [-0.4, -0.2) is 35.5 Å². The van der Waals surface area contributed by atoms with Gasteiger partial charge in [0, 0.05) is 25.2 Å². The Balaban J connectivity index is 1.38. The Morgan fingerprint density at radius 2 is 2.14 bits per heavy atom. The summed E-state index contributed by atoms with van der Waals surface area (Å²) in [6.45, 7) is 4.00. The number of anilines is 1. The van der Waals surface area contributed by atoms with Gasteiger partial charge in [-0.25, -0.2) is 14.4 Å². The van der Waals surface area contributed by atoms with Gasteiger partial charge in [-0.1, -0.05) is 12.1 Å². The Labute approximate surface area is 162 Å². The number of fused-ring (bicyclic) bond motifs is 1. The second-order valence-electron chi connectivity index (χ2n) is 7.25. The second kappa shape index (κ2) is 7.96. The van der Waals surface area contributed by atoms with E-state index < -0.39 is 0 Å². The van der Waals surface area contributed by atoms with Crippen LogP contribution in [0.3, 0.4) is 0 Å². The van der Waals surface area contributed by atoms with E-state index >= 15 is 0 Å². The number of aryl methyl sites for hydroxylation is 1. The normalized spacial score (nSPS) is 17.1. The van der Waals surface area contributed by atoms with Gasteiger partial charge < -0.3 is 14.6 Å². The number of hydrogen-bond donors (Lipinski definition) is 1. The minimum atomic E-state index is -0.248. The molecule has 0 saturated carbocycles. The van der Waals surface area contributed by atoms with E-state index in [4.69, 9.17) is 4.42 Å². The van der Waals surface area contributed by atoms with Gasteiger partial charge in [-0.05, 0) is 43.9 Å². The summed E-state index contributed by atoms with van der Waals surface area (Å²) in [5.74, 6) is 0.557. The van der Waals surface area contributed by atoms with Crippen molar-refractivity contribution in [2.24, 2.45) is 5.92 Å². The van der Waals surface area contributed by atoms with E-state index in [0.29, 0.717) is 25.2 Å². The number of rotatable bonds is 5. The first kappa shape index (κ1) is 18.4. The van der Waals surface area contributed by atoms with E-state index in [-0.39, 0.29) is 17.6 Å². The van der Waals surface area contributed by atoms with Crippen molar-refractivity contribution < 1.29 is 13.6 Å². The fraction of sp³-hybridized carbons (Fsp3) is 0.381. The minimum Gasteiger partial charge on any atom is -0.446 e. The summed E-state index contributed by atoms with van der Waals surface area (Å²) in [5.41, 5.74) is 2.58. The molecule has 0 bridgehead atoms. The van der Waals surface area contributed by atoms with Crippen LogP contribution in [0, 0.1) is 18.7 Å². The van der Waals surface area contributed by atoms with Crippen LogP contribution < -0.4 is 10.2 Å². The number of piperidine rings is 1. The number of aromatic nitrogens is 2. The minimum absolute atomic E-state index is 0.0565. The van der Waals surface area contributed by atoms with Gasteiger partial charge in [0.2, 0.25) is 11.6 Å². The SMILES string of the molecule is Cc1coc2ncnc(N3CCCC(C(=O)NCCc4ccc(F)cc4)C3)c12. The molecule has 2 aromatic heterocycles. The summed E-state index contributed by atoms with van der Waals surface area (Å²) < 4.78 is 18.4. The molecule has 1 amide bonds. The topological polar surface area (TPSA) is 71.3 Å². The Bertz CT molecular complexity index is 970. The molecule has 7 heteroatoms. The van der Waals surface area contributed by atoms with Crippen molar-refractivity contribution in [2.75, 3.05) is 24.5 Å². The zero-order chi connectivity index (χ0) is 19.5. The average Bonchev–Trinajstić information content (AvgIpc) is 3.11. The van der Waals surface area contributed by atoms with Crippen molar-refractivity contribution in [3.8, 4) is 0 Å². The Morgan fingerprint density at radius 3 is 2.96 bits per heavy atom. The lowest BCUT2D eigenvalue weighted by Gasteiger charge is -2.33. The van der Waals surface area contributed by atoms with Crippen LogP contribution in [0.5, 0.6) is 0 Å². The van der Waals surface area contributed by atoms with Crippen molar-refractivity contribution >= 4 is 22.8 Å². The molecule has 28 heavy (non-hydrogen) atoms. The number of benzene rings is 1. The molecule has 0 spiro atoms.